The van der Waals surface area contributed by atoms with Crippen molar-refractivity contribution in [1.82, 2.24) is 9.91 Å². The molecule has 1 saturated heterocycles. The SMILES string of the molecule is COc1cccc(C2CC(c3ccc(C)cc3C)=NN2C(=O)CN2CCOCC2)c1. The number of methoxy groups -OCH3 is 1. The van der Waals surface area contributed by atoms with Crippen LogP contribution in [0, 0.1) is 13.8 Å². The first kappa shape index (κ1) is 20.6. The van der Waals surface area contributed by atoms with Gasteiger partial charge in [-0.15, -0.1) is 0 Å². The molecule has 1 amide bonds. The van der Waals surface area contributed by atoms with Crippen LogP contribution in [0.2, 0.25) is 0 Å². The number of aryl methyl sites for hydroxylation is 2. The number of hydrogen-bond donors (Lipinski definition) is 0. The number of rotatable bonds is 5. The number of hydrazone groups is 1. The van der Waals surface area contributed by atoms with Crippen molar-refractivity contribution in [3.05, 3.63) is 64.7 Å². The van der Waals surface area contributed by atoms with E-state index in [4.69, 9.17) is 14.6 Å². The summed E-state index contributed by atoms with van der Waals surface area (Å²) in [6.07, 6.45) is 0.686. The third-order valence-electron chi connectivity index (χ3n) is 5.80. The van der Waals surface area contributed by atoms with Crippen molar-refractivity contribution in [3.63, 3.8) is 0 Å². The van der Waals surface area contributed by atoms with Gasteiger partial charge in [-0.25, -0.2) is 5.01 Å². The van der Waals surface area contributed by atoms with Crippen LogP contribution in [0.15, 0.2) is 47.6 Å². The topological polar surface area (TPSA) is 54.4 Å². The third-order valence-corrected chi connectivity index (χ3v) is 5.80. The molecule has 0 saturated carbocycles. The molecule has 0 aliphatic carbocycles. The Hall–Kier alpha value is -2.70. The van der Waals surface area contributed by atoms with Gasteiger partial charge in [-0.3, -0.25) is 9.69 Å². The molecule has 2 aromatic carbocycles. The first-order chi connectivity index (χ1) is 14.5. The predicted octanol–water partition coefficient (Wildman–Crippen LogP) is 3.32. The van der Waals surface area contributed by atoms with Crippen LogP contribution in [0.25, 0.3) is 0 Å². The zero-order valence-corrected chi connectivity index (χ0v) is 17.9. The molecule has 1 fully saturated rings. The Morgan fingerprint density at radius 2 is 1.97 bits per heavy atom. The Morgan fingerprint density at radius 3 is 2.70 bits per heavy atom. The highest BCUT2D eigenvalue weighted by molar-refractivity contribution is 6.04. The number of hydrogen-bond acceptors (Lipinski definition) is 5. The zero-order chi connectivity index (χ0) is 21.1. The Bertz CT molecular complexity index is 950. The molecule has 2 aliphatic rings. The molecule has 2 aromatic rings. The molecule has 0 bridgehead atoms. The lowest BCUT2D eigenvalue weighted by Crippen LogP contribution is -2.43. The second kappa shape index (κ2) is 8.98. The van der Waals surface area contributed by atoms with E-state index < -0.39 is 0 Å². The van der Waals surface area contributed by atoms with Crippen molar-refractivity contribution >= 4 is 11.6 Å². The van der Waals surface area contributed by atoms with Gasteiger partial charge < -0.3 is 9.47 Å². The van der Waals surface area contributed by atoms with Gasteiger partial charge in [-0.1, -0.05) is 35.9 Å². The van der Waals surface area contributed by atoms with E-state index in [0.29, 0.717) is 26.2 Å². The molecule has 4 rings (SSSR count). The molecule has 0 N–H and O–H groups in total. The highest BCUT2D eigenvalue weighted by Gasteiger charge is 2.34. The monoisotopic (exact) mass is 407 g/mol. The Morgan fingerprint density at radius 1 is 1.17 bits per heavy atom. The first-order valence-corrected chi connectivity index (χ1v) is 10.5. The van der Waals surface area contributed by atoms with Crippen molar-refractivity contribution in [2.24, 2.45) is 5.10 Å². The zero-order valence-electron chi connectivity index (χ0n) is 17.9. The molecule has 2 heterocycles. The van der Waals surface area contributed by atoms with E-state index in [9.17, 15) is 4.79 Å². The van der Waals surface area contributed by atoms with Gasteiger partial charge in [-0.2, -0.15) is 5.10 Å². The van der Waals surface area contributed by atoms with Crippen LogP contribution in [0.5, 0.6) is 5.75 Å². The summed E-state index contributed by atoms with van der Waals surface area (Å²) in [6.45, 7) is 7.43. The van der Waals surface area contributed by atoms with Gasteiger partial charge in [-0.05, 0) is 37.1 Å². The maximum atomic E-state index is 13.3. The summed E-state index contributed by atoms with van der Waals surface area (Å²) in [7, 11) is 1.66. The molecule has 0 radical (unpaired) electrons. The summed E-state index contributed by atoms with van der Waals surface area (Å²) < 4.78 is 10.8. The highest BCUT2D eigenvalue weighted by atomic mass is 16.5. The number of nitrogens with zero attached hydrogens (tertiary/aromatic N) is 3. The maximum absolute atomic E-state index is 13.3. The van der Waals surface area contributed by atoms with E-state index in [1.54, 1.807) is 12.1 Å². The standard InChI is InChI=1S/C24H29N3O3/c1-17-7-8-21(18(2)13-17)22-15-23(19-5-4-6-20(14-19)29-3)27(25-22)24(28)16-26-9-11-30-12-10-26/h4-8,13-14,23H,9-12,15-16H2,1-3H3. The fourth-order valence-corrected chi connectivity index (χ4v) is 4.17. The van der Waals surface area contributed by atoms with E-state index in [-0.39, 0.29) is 11.9 Å². The number of morpholine rings is 1. The number of ether oxygens (including phenoxy) is 2. The van der Waals surface area contributed by atoms with Crippen molar-refractivity contribution < 1.29 is 14.3 Å². The minimum absolute atomic E-state index is 0.0180. The van der Waals surface area contributed by atoms with Crippen LogP contribution < -0.4 is 4.74 Å². The fourth-order valence-electron chi connectivity index (χ4n) is 4.17. The smallest absolute Gasteiger partial charge is 0.257 e. The Labute approximate surface area is 178 Å². The molecular weight excluding hydrogens is 378 g/mol. The average Bonchev–Trinajstić information content (AvgIpc) is 3.20. The molecule has 0 aromatic heterocycles. The summed E-state index contributed by atoms with van der Waals surface area (Å²) in [5, 5.41) is 6.51. The van der Waals surface area contributed by atoms with Crippen molar-refractivity contribution in [3.8, 4) is 5.75 Å². The van der Waals surface area contributed by atoms with Gasteiger partial charge >= 0.3 is 0 Å². The second-order valence-electron chi connectivity index (χ2n) is 7.99. The average molecular weight is 408 g/mol. The lowest BCUT2D eigenvalue weighted by atomic mass is 9.95. The lowest BCUT2D eigenvalue weighted by Gasteiger charge is -2.29. The highest BCUT2D eigenvalue weighted by Crippen LogP contribution is 2.35. The van der Waals surface area contributed by atoms with E-state index in [0.717, 1.165) is 35.7 Å². The summed E-state index contributed by atoms with van der Waals surface area (Å²) in [4.78, 5) is 15.4. The van der Waals surface area contributed by atoms with Crippen molar-refractivity contribution in [2.75, 3.05) is 40.0 Å². The summed E-state index contributed by atoms with van der Waals surface area (Å²) in [6, 6.07) is 14.2. The molecular formula is C24H29N3O3. The summed E-state index contributed by atoms with van der Waals surface area (Å²) in [5.74, 6) is 0.803. The van der Waals surface area contributed by atoms with Crippen molar-refractivity contribution in [2.45, 2.75) is 26.3 Å². The van der Waals surface area contributed by atoms with Crippen LogP contribution in [-0.4, -0.2) is 61.5 Å². The molecule has 30 heavy (non-hydrogen) atoms. The number of amides is 1. The summed E-state index contributed by atoms with van der Waals surface area (Å²) >= 11 is 0. The second-order valence-corrected chi connectivity index (χ2v) is 7.99. The predicted molar refractivity (Wildman–Crippen MR) is 117 cm³/mol. The minimum atomic E-state index is -0.135. The van der Waals surface area contributed by atoms with E-state index in [1.165, 1.54) is 11.1 Å². The van der Waals surface area contributed by atoms with E-state index in [2.05, 4.69) is 36.9 Å². The molecule has 6 nitrogen and oxygen atoms in total. The molecule has 1 unspecified atom stereocenters. The lowest BCUT2D eigenvalue weighted by molar-refractivity contribution is -0.135. The van der Waals surface area contributed by atoms with Crippen molar-refractivity contribution in [1.29, 1.82) is 0 Å². The fraction of sp³-hybridized carbons (Fsp3) is 0.417. The third kappa shape index (κ3) is 4.40. The Kier molecular flexibility index (Phi) is 6.16. The van der Waals surface area contributed by atoms with E-state index in [1.807, 2.05) is 24.3 Å². The van der Waals surface area contributed by atoms with Crippen LogP contribution in [0.4, 0.5) is 0 Å². The van der Waals surface area contributed by atoms with Crippen LogP contribution in [-0.2, 0) is 9.53 Å². The number of carbonyl (C=O) groups is 1. The molecule has 6 heteroatoms. The first-order valence-electron chi connectivity index (χ1n) is 10.5. The maximum Gasteiger partial charge on any atom is 0.257 e. The van der Waals surface area contributed by atoms with Gasteiger partial charge in [0.05, 0.1) is 38.6 Å². The number of benzene rings is 2. The van der Waals surface area contributed by atoms with E-state index >= 15 is 0 Å². The van der Waals surface area contributed by atoms with Gasteiger partial charge in [0.2, 0.25) is 0 Å². The molecule has 0 spiro atoms. The largest absolute Gasteiger partial charge is 0.497 e. The van der Waals surface area contributed by atoms with Gasteiger partial charge in [0.25, 0.3) is 5.91 Å². The normalized spacial score (nSPS) is 19.6. The number of carbonyl (C=O) groups excluding carboxylic acids is 1. The van der Waals surface area contributed by atoms with Gasteiger partial charge in [0.1, 0.15) is 5.75 Å². The quantitative estimate of drug-likeness (QED) is 0.763. The van der Waals surface area contributed by atoms with Gasteiger partial charge in [0.15, 0.2) is 0 Å². The molecule has 1 atom stereocenters. The molecule has 2 aliphatic heterocycles. The Balaban J connectivity index is 1.64. The summed E-state index contributed by atoms with van der Waals surface area (Å²) in [5.41, 5.74) is 5.50. The van der Waals surface area contributed by atoms with Crippen LogP contribution in [0.1, 0.15) is 34.7 Å². The van der Waals surface area contributed by atoms with Crippen LogP contribution in [0.3, 0.4) is 0 Å². The molecule has 158 valence electrons. The van der Waals surface area contributed by atoms with Gasteiger partial charge in [0, 0.05) is 25.1 Å². The minimum Gasteiger partial charge on any atom is -0.497 e. The van der Waals surface area contributed by atoms with Crippen LogP contribution >= 0.6 is 0 Å².